The molecule has 0 radical (unpaired) electrons. The summed E-state index contributed by atoms with van der Waals surface area (Å²) in [4.78, 5) is -0.140. The highest BCUT2D eigenvalue weighted by Crippen LogP contribution is 2.26. The van der Waals surface area contributed by atoms with Gasteiger partial charge in [-0.3, -0.25) is 0 Å². The van der Waals surface area contributed by atoms with Crippen LogP contribution in [-0.4, -0.2) is 36.5 Å². The summed E-state index contributed by atoms with van der Waals surface area (Å²) >= 11 is 5.86. The third-order valence-corrected chi connectivity index (χ3v) is 4.90. The van der Waals surface area contributed by atoms with Crippen molar-refractivity contribution in [3.8, 4) is 6.07 Å². The van der Waals surface area contributed by atoms with Gasteiger partial charge in [-0.25, -0.2) is 8.42 Å². The Morgan fingerprint density at radius 3 is 2.50 bits per heavy atom. The summed E-state index contributed by atoms with van der Waals surface area (Å²) in [6.45, 7) is 4.83. The van der Waals surface area contributed by atoms with Gasteiger partial charge in [-0.1, -0.05) is 24.6 Å². The number of rotatable bonds is 5. The average molecular weight is 317 g/mol. The van der Waals surface area contributed by atoms with Crippen LogP contribution in [0.5, 0.6) is 0 Å². The van der Waals surface area contributed by atoms with Gasteiger partial charge in [-0.2, -0.15) is 9.57 Å². The Morgan fingerprint density at radius 2 is 2.05 bits per heavy atom. The second-order valence-electron chi connectivity index (χ2n) is 4.97. The first-order valence-corrected chi connectivity index (χ1v) is 7.86. The highest BCUT2D eigenvalue weighted by molar-refractivity contribution is 7.89. The molecule has 1 rings (SSSR count). The Hall–Kier alpha value is -1.13. The van der Waals surface area contributed by atoms with Crippen LogP contribution in [0.4, 0.5) is 0 Å². The van der Waals surface area contributed by atoms with E-state index in [1.807, 2.05) is 6.07 Å². The molecule has 0 atom stereocenters. The zero-order valence-electron chi connectivity index (χ0n) is 11.6. The predicted octanol–water partition coefficient (Wildman–Crippen LogP) is 1.99. The number of sulfonamides is 1. The molecule has 110 valence electrons. The van der Waals surface area contributed by atoms with E-state index in [-0.39, 0.29) is 28.6 Å². The van der Waals surface area contributed by atoms with E-state index in [0.29, 0.717) is 0 Å². The zero-order valence-corrected chi connectivity index (χ0v) is 13.2. The van der Waals surface area contributed by atoms with Crippen molar-refractivity contribution in [2.24, 2.45) is 0 Å². The molecule has 1 aromatic carbocycles. The van der Waals surface area contributed by atoms with E-state index < -0.39 is 15.6 Å². The summed E-state index contributed by atoms with van der Waals surface area (Å²) in [6.07, 6.45) is 0. The molecule has 0 unspecified atom stereocenters. The Labute approximate surface area is 124 Å². The van der Waals surface area contributed by atoms with E-state index in [1.54, 1.807) is 6.92 Å². The Morgan fingerprint density at radius 1 is 1.45 bits per heavy atom. The fourth-order valence-corrected chi connectivity index (χ4v) is 3.81. The summed E-state index contributed by atoms with van der Waals surface area (Å²) in [6, 6.07) is 6.10. The van der Waals surface area contributed by atoms with Crippen LogP contribution in [0, 0.1) is 11.3 Å². The number of likely N-dealkylation sites (N-methyl/N-ethyl adjacent to an activating group) is 1. The SMILES string of the molecule is CCN(CC(C)(C)O)S(=O)(=O)c1cccc(Cl)c1C#N. The van der Waals surface area contributed by atoms with Crippen LogP contribution in [0.2, 0.25) is 5.02 Å². The van der Waals surface area contributed by atoms with Crippen molar-refractivity contribution in [2.75, 3.05) is 13.1 Å². The molecule has 0 aliphatic rings. The predicted molar refractivity (Wildman–Crippen MR) is 76.9 cm³/mol. The molecule has 0 heterocycles. The largest absolute Gasteiger partial charge is 0.389 e. The van der Waals surface area contributed by atoms with Crippen LogP contribution in [0.3, 0.4) is 0 Å². The van der Waals surface area contributed by atoms with Gasteiger partial charge < -0.3 is 5.11 Å². The van der Waals surface area contributed by atoms with E-state index in [1.165, 1.54) is 32.0 Å². The summed E-state index contributed by atoms with van der Waals surface area (Å²) < 4.78 is 26.3. The average Bonchev–Trinajstić information content (AvgIpc) is 2.34. The van der Waals surface area contributed by atoms with E-state index in [9.17, 15) is 13.5 Å². The quantitative estimate of drug-likeness (QED) is 0.900. The number of benzene rings is 1. The first kappa shape index (κ1) is 16.9. The minimum Gasteiger partial charge on any atom is -0.389 e. The molecule has 0 fully saturated rings. The van der Waals surface area contributed by atoms with Crippen LogP contribution >= 0.6 is 11.6 Å². The molecule has 0 aliphatic heterocycles. The second-order valence-corrected chi connectivity index (χ2v) is 7.28. The van der Waals surface area contributed by atoms with Gasteiger partial charge in [0.15, 0.2) is 0 Å². The molecule has 5 nitrogen and oxygen atoms in total. The maximum atomic E-state index is 12.6. The molecule has 0 spiro atoms. The molecular weight excluding hydrogens is 300 g/mol. The molecule has 1 aromatic rings. The van der Waals surface area contributed by atoms with Gasteiger partial charge in [0.1, 0.15) is 11.0 Å². The molecule has 1 N–H and O–H groups in total. The van der Waals surface area contributed by atoms with E-state index in [2.05, 4.69) is 0 Å². The van der Waals surface area contributed by atoms with Crippen molar-refractivity contribution >= 4 is 21.6 Å². The lowest BCUT2D eigenvalue weighted by molar-refractivity contribution is 0.0601. The third kappa shape index (κ3) is 3.70. The number of aliphatic hydroxyl groups is 1. The van der Waals surface area contributed by atoms with Crippen LogP contribution in [0.15, 0.2) is 23.1 Å². The number of halogens is 1. The maximum Gasteiger partial charge on any atom is 0.244 e. The topological polar surface area (TPSA) is 81.4 Å². The van der Waals surface area contributed by atoms with Crippen LogP contribution < -0.4 is 0 Å². The normalized spacial score (nSPS) is 12.4. The van der Waals surface area contributed by atoms with E-state index in [4.69, 9.17) is 16.9 Å². The Kier molecular flexibility index (Phi) is 5.16. The van der Waals surface area contributed by atoms with Crippen LogP contribution in [-0.2, 0) is 10.0 Å². The zero-order chi connectivity index (χ0) is 15.6. The Bertz CT molecular complexity index is 630. The van der Waals surface area contributed by atoms with E-state index >= 15 is 0 Å². The van der Waals surface area contributed by atoms with Gasteiger partial charge in [-0.15, -0.1) is 0 Å². The fourth-order valence-electron chi connectivity index (χ4n) is 1.77. The Balaban J connectivity index is 3.36. The van der Waals surface area contributed by atoms with Crippen molar-refractivity contribution in [1.29, 1.82) is 5.26 Å². The fraction of sp³-hybridized carbons (Fsp3) is 0.462. The third-order valence-electron chi connectivity index (χ3n) is 2.62. The van der Waals surface area contributed by atoms with Gasteiger partial charge >= 0.3 is 0 Å². The number of nitrogens with zero attached hydrogens (tertiary/aromatic N) is 2. The van der Waals surface area contributed by atoms with Crippen molar-refractivity contribution in [3.63, 3.8) is 0 Å². The number of nitriles is 1. The van der Waals surface area contributed by atoms with E-state index in [0.717, 1.165) is 4.31 Å². The van der Waals surface area contributed by atoms with Crippen molar-refractivity contribution in [3.05, 3.63) is 28.8 Å². The molecule has 0 saturated heterocycles. The van der Waals surface area contributed by atoms with Gasteiger partial charge in [0.2, 0.25) is 10.0 Å². The molecule has 20 heavy (non-hydrogen) atoms. The molecule has 0 amide bonds. The highest BCUT2D eigenvalue weighted by Gasteiger charge is 2.30. The molecule has 0 aromatic heterocycles. The first-order chi connectivity index (χ1) is 9.13. The lowest BCUT2D eigenvalue weighted by Gasteiger charge is -2.27. The van der Waals surface area contributed by atoms with Crippen LogP contribution in [0.25, 0.3) is 0 Å². The van der Waals surface area contributed by atoms with Gasteiger partial charge in [0, 0.05) is 13.1 Å². The lowest BCUT2D eigenvalue weighted by Crippen LogP contribution is -2.42. The summed E-state index contributed by atoms with van der Waals surface area (Å²) in [5.74, 6) is 0. The lowest BCUT2D eigenvalue weighted by atomic mass is 10.1. The number of hydrogen-bond donors (Lipinski definition) is 1. The first-order valence-electron chi connectivity index (χ1n) is 6.04. The number of hydrogen-bond acceptors (Lipinski definition) is 4. The molecule has 0 aliphatic carbocycles. The second kappa shape index (κ2) is 6.10. The highest BCUT2D eigenvalue weighted by atomic mass is 35.5. The minimum atomic E-state index is -3.88. The summed E-state index contributed by atoms with van der Waals surface area (Å²) in [5, 5.41) is 19.0. The monoisotopic (exact) mass is 316 g/mol. The van der Waals surface area contributed by atoms with Crippen molar-refractivity contribution in [1.82, 2.24) is 4.31 Å². The standard InChI is InChI=1S/C13H17ClN2O3S/c1-4-16(9-13(2,3)17)20(18,19)12-7-5-6-11(14)10(12)8-15/h5-7,17H,4,9H2,1-3H3. The van der Waals surface area contributed by atoms with Gasteiger partial charge in [0.25, 0.3) is 0 Å². The molecule has 0 saturated carbocycles. The molecular formula is C13H17ClN2O3S. The summed E-state index contributed by atoms with van der Waals surface area (Å²) in [7, 11) is -3.88. The van der Waals surface area contributed by atoms with Crippen molar-refractivity contribution in [2.45, 2.75) is 31.3 Å². The van der Waals surface area contributed by atoms with Gasteiger partial charge in [0.05, 0.1) is 16.2 Å². The van der Waals surface area contributed by atoms with Crippen LogP contribution in [0.1, 0.15) is 26.3 Å². The smallest absolute Gasteiger partial charge is 0.244 e. The minimum absolute atomic E-state index is 0.0663. The summed E-state index contributed by atoms with van der Waals surface area (Å²) in [5.41, 5.74) is -1.25. The maximum absolute atomic E-state index is 12.6. The molecule has 0 bridgehead atoms. The van der Waals surface area contributed by atoms with Crippen molar-refractivity contribution < 1.29 is 13.5 Å². The molecule has 7 heteroatoms. The van der Waals surface area contributed by atoms with Gasteiger partial charge in [-0.05, 0) is 26.0 Å².